The lowest BCUT2D eigenvalue weighted by Gasteiger charge is -2.21. The normalized spacial score (nSPS) is 22.2. The van der Waals surface area contributed by atoms with Crippen molar-refractivity contribution in [1.29, 1.82) is 0 Å². The van der Waals surface area contributed by atoms with Crippen molar-refractivity contribution in [3.63, 3.8) is 0 Å². The summed E-state index contributed by atoms with van der Waals surface area (Å²) < 4.78 is 10.6. The van der Waals surface area contributed by atoms with Gasteiger partial charge in [-0.1, -0.05) is 11.6 Å². The van der Waals surface area contributed by atoms with Crippen LogP contribution in [0.5, 0.6) is 0 Å². The summed E-state index contributed by atoms with van der Waals surface area (Å²) in [5, 5.41) is 4.02. The molecule has 21 heavy (non-hydrogen) atoms. The maximum atomic E-state index is 12.3. The lowest BCUT2D eigenvalue weighted by Crippen LogP contribution is -2.32. The summed E-state index contributed by atoms with van der Waals surface area (Å²) in [5.41, 5.74) is 0. The van der Waals surface area contributed by atoms with Gasteiger partial charge in [0.15, 0.2) is 5.82 Å². The molecule has 1 unspecified atom stereocenters. The van der Waals surface area contributed by atoms with Crippen LogP contribution in [-0.2, 0) is 16.1 Å². The van der Waals surface area contributed by atoms with Gasteiger partial charge in [0.2, 0.25) is 11.8 Å². The molecule has 3 rings (SSSR count). The molecule has 0 spiro atoms. The topological polar surface area (TPSA) is 68.5 Å². The van der Waals surface area contributed by atoms with Crippen LogP contribution in [-0.4, -0.2) is 40.7 Å². The molecule has 2 fully saturated rings. The second kappa shape index (κ2) is 6.56. The van der Waals surface area contributed by atoms with Gasteiger partial charge in [0, 0.05) is 32.1 Å². The van der Waals surface area contributed by atoms with E-state index >= 15 is 0 Å². The Bertz CT molecular complexity index is 478. The minimum Gasteiger partial charge on any atom is -0.381 e. The maximum Gasteiger partial charge on any atom is 0.229 e. The van der Waals surface area contributed by atoms with E-state index in [1.165, 1.54) is 6.42 Å². The number of rotatable bonds is 6. The van der Waals surface area contributed by atoms with Gasteiger partial charge in [0.1, 0.15) is 0 Å². The molecule has 1 saturated heterocycles. The highest BCUT2D eigenvalue weighted by Gasteiger charge is 2.27. The first kappa shape index (κ1) is 14.5. The zero-order valence-electron chi connectivity index (χ0n) is 12.6. The van der Waals surface area contributed by atoms with E-state index in [-0.39, 0.29) is 5.91 Å². The third-order valence-corrected chi connectivity index (χ3v) is 4.49. The predicted molar refractivity (Wildman–Crippen MR) is 75.5 cm³/mol. The molecule has 0 N–H and O–H groups in total. The predicted octanol–water partition coefficient (Wildman–Crippen LogP) is 2.11. The van der Waals surface area contributed by atoms with E-state index < -0.39 is 0 Å². The highest BCUT2D eigenvalue weighted by molar-refractivity contribution is 5.76. The first-order valence-electron chi connectivity index (χ1n) is 7.94. The SMILES string of the molecule is CCN(Cc1noc(C2CCC2)n1)C(=O)CC1CCOC1. The van der Waals surface area contributed by atoms with Crippen molar-refractivity contribution in [2.24, 2.45) is 5.92 Å². The minimum atomic E-state index is 0.156. The maximum absolute atomic E-state index is 12.3. The van der Waals surface area contributed by atoms with Crippen molar-refractivity contribution >= 4 is 5.91 Å². The quantitative estimate of drug-likeness (QED) is 0.803. The third-order valence-electron chi connectivity index (χ3n) is 4.49. The number of hydrogen-bond donors (Lipinski definition) is 0. The van der Waals surface area contributed by atoms with Crippen molar-refractivity contribution in [3.8, 4) is 0 Å². The van der Waals surface area contributed by atoms with Gasteiger partial charge in [-0.2, -0.15) is 4.98 Å². The van der Waals surface area contributed by atoms with Crippen molar-refractivity contribution in [2.45, 2.75) is 51.5 Å². The molecule has 0 bridgehead atoms. The number of amides is 1. The molecule has 116 valence electrons. The zero-order valence-corrected chi connectivity index (χ0v) is 12.6. The van der Waals surface area contributed by atoms with Gasteiger partial charge in [-0.15, -0.1) is 0 Å². The van der Waals surface area contributed by atoms with Crippen molar-refractivity contribution < 1.29 is 14.1 Å². The van der Waals surface area contributed by atoms with Gasteiger partial charge in [0.25, 0.3) is 0 Å². The van der Waals surface area contributed by atoms with E-state index in [0.29, 0.717) is 43.8 Å². The smallest absolute Gasteiger partial charge is 0.229 e. The number of hydrogen-bond acceptors (Lipinski definition) is 5. The summed E-state index contributed by atoms with van der Waals surface area (Å²) >= 11 is 0. The molecule has 1 aromatic heterocycles. The Balaban J connectivity index is 1.55. The average molecular weight is 293 g/mol. The van der Waals surface area contributed by atoms with Crippen LogP contribution in [0.15, 0.2) is 4.52 Å². The first-order valence-corrected chi connectivity index (χ1v) is 7.94. The number of carbonyl (C=O) groups excluding carboxylic acids is 1. The molecule has 2 heterocycles. The standard InChI is InChI=1S/C15H23N3O3/c1-2-18(14(19)8-11-6-7-20-10-11)9-13-16-15(21-17-13)12-4-3-5-12/h11-12H,2-10H2,1H3. The van der Waals surface area contributed by atoms with Gasteiger partial charge in [0.05, 0.1) is 6.54 Å². The summed E-state index contributed by atoms with van der Waals surface area (Å²) in [5.74, 6) is 2.32. The van der Waals surface area contributed by atoms with E-state index in [1.807, 2.05) is 6.92 Å². The van der Waals surface area contributed by atoms with E-state index in [2.05, 4.69) is 10.1 Å². The Morgan fingerprint density at radius 2 is 2.24 bits per heavy atom. The van der Waals surface area contributed by atoms with E-state index in [9.17, 15) is 4.79 Å². The van der Waals surface area contributed by atoms with Gasteiger partial charge >= 0.3 is 0 Å². The molecule has 6 heteroatoms. The summed E-state index contributed by atoms with van der Waals surface area (Å²) in [7, 11) is 0. The van der Waals surface area contributed by atoms with Crippen molar-refractivity contribution in [1.82, 2.24) is 15.0 Å². The Labute approximate surface area is 124 Å². The fraction of sp³-hybridized carbons (Fsp3) is 0.800. The molecule has 0 aromatic carbocycles. The molecular weight excluding hydrogens is 270 g/mol. The van der Waals surface area contributed by atoms with Crippen LogP contribution in [0.1, 0.15) is 56.7 Å². The molecule has 1 amide bonds. The van der Waals surface area contributed by atoms with Gasteiger partial charge in [-0.3, -0.25) is 4.79 Å². The molecule has 1 atom stereocenters. The zero-order chi connectivity index (χ0) is 14.7. The second-order valence-corrected chi connectivity index (χ2v) is 6.02. The van der Waals surface area contributed by atoms with E-state index in [4.69, 9.17) is 9.26 Å². The third kappa shape index (κ3) is 3.43. The van der Waals surface area contributed by atoms with Crippen LogP contribution in [0.4, 0.5) is 0 Å². The summed E-state index contributed by atoms with van der Waals surface area (Å²) in [6, 6.07) is 0. The lowest BCUT2D eigenvalue weighted by molar-refractivity contribution is -0.132. The number of aromatic nitrogens is 2. The fourth-order valence-electron chi connectivity index (χ4n) is 2.82. The highest BCUT2D eigenvalue weighted by atomic mass is 16.5. The van der Waals surface area contributed by atoms with Crippen LogP contribution >= 0.6 is 0 Å². The number of carbonyl (C=O) groups is 1. The molecule has 1 aromatic rings. The Hall–Kier alpha value is -1.43. The Morgan fingerprint density at radius 1 is 1.38 bits per heavy atom. The summed E-state index contributed by atoms with van der Waals surface area (Å²) in [6.07, 6.45) is 5.06. The highest BCUT2D eigenvalue weighted by Crippen LogP contribution is 2.35. The van der Waals surface area contributed by atoms with E-state index in [0.717, 1.165) is 31.8 Å². The molecule has 1 aliphatic heterocycles. The number of ether oxygens (including phenoxy) is 1. The molecule has 1 aliphatic carbocycles. The van der Waals surface area contributed by atoms with Crippen LogP contribution in [0.25, 0.3) is 0 Å². The van der Waals surface area contributed by atoms with E-state index in [1.54, 1.807) is 4.90 Å². The van der Waals surface area contributed by atoms with Gasteiger partial charge in [-0.05, 0) is 32.1 Å². The Morgan fingerprint density at radius 3 is 2.86 bits per heavy atom. The van der Waals surface area contributed by atoms with Crippen LogP contribution in [0.2, 0.25) is 0 Å². The second-order valence-electron chi connectivity index (χ2n) is 6.02. The van der Waals surface area contributed by atoms with Crippen molar-refractivity contribution in [2.75, 3.05) is 19.8 Å². The lowest BCUT2D eigenvalue weighted by atomic mass is 9.85. The monoisotopic (exact) mass is 293 g/mol. The summed E-state index contributed by atoms with van der Waals surface area (Å²) in [4.78, 5) is 18.6. The molecule has 0 radical (unpaired) electrons. The van der Waals surface area contributed by atoms with Crippen LogP contribution in [0.3, 0.4) is 0 Å². The fourth-order valence-corrected chi connectivity index (χ4v) is 2.82. The van der Waals surface area contributed by atoms with Gasteiger partial charge < -0.3 is 14.2 Å². The number of nitrogens with zero attached hydrogens (tertiary/aromatic N) is 3. The minimum absolute atomic E-state index is 0.156. The molecule has 6 nitrogen and oxygen atoms in total. The first-order chi connectivity index (χ1) is 10.3. The average Bonchev–Trinajstić information content (AvgIpc) is 3.06. The van der Waals surface area contributed by atoms with Crippen LogP contribution in [0, 0.1) is 5.92 Å². The molecule has 2 aliphatic rings. The van der Waals surface area contributed by atoms with Crippen molar-refractivity contribution in [3.05, 3.63) is 11.7 Å². The molecular formula is C15H23N3O3. The van der Waals surface area contributed by atoms with Crippen LogP contribution < -0.4 is 0 Å². The Kier molecular flexibility index (Phi) is 4.53. The molecule has 1 saturated carbocycles. The summed E-state index contributed by atoms with van der Waals surface area (Å²) in [6.45, 7) is 4.58. The largest absolute Gasteiger partial charge is 0.381 e. The van der Waals surface area contributed by atoms with Gasteiger partial charge in [-0.25, -0.2) is 0 Å².